The van der Waals surface area contributed by atoms with E-state index in [1.54, 1.807) is 12.1 Å². The van der Waals surface area contributed by atoms with E-state index in [0.717, 1.165) is 0 Å². The van der Waals surface area contributed by atoms with E-state index in [-0.39, 0.29) is 5.88 Å². The number of H-pyrrole nitrogens is 1. The molecule has 0 aromatic carbocycles. The predicted molar refractivity (Wildman–Crippen MR) is 33.6 cm³/mol. The van der Waals surface area contributed by atoms with Crippen molar-refractivity contribution in [1.82, 2.24) is 4.98 Å². The Labute approximate surface area is 53.3 Å². The van der Waals surface area contributed by atoms with Crippen LogP contribution in [-0.2, 0) is 0 Å². The quantitative estimate of drug-likeness (QED) is 0.625. The number of aromatic amines is 1. The molecule has 0 aliphatic rings. The topological polar surface area (TPSA) is 45.2 Å². The Bertz CT molecular complexity index is 183. The summed E-state index contributed by atoms with van der Waals surface area (Å²) in [5, 5.41) is 8.74. The molecule has 0 spiro atoms. The van der Waals surface area contributed by atoms with Crippen LogP contribution < -0.4 is 4.74 Å². The molecule has 0 aliphatic heterocycles. The predicted octanol–water partition coefficient (Wildman–Crippen LogP) is 1.12. The van der Waals surface area contributed by atoms with Crippen molar-refractivity contribution in [2.45, 2.75) is 6.92 Å². The first-order valence-electron chi connectivity index (χ1n) is 2.83. The Morgan fingerprint density at radius 3 is 2.89 bits per heavy atom. The largest absolute Gasteiger partial charge is 0.495 e. The SMILES string of the molecule is CCOc1ccc(O)[nH]1. The van der Waals surface area contributed by atoms with Crippen LogP contribution in [0.1, 0.15) is 6.92 Å². The lowest BCUT2D eigenvalue weighted by Crippen LogP contribution is -1.89. The molecular weight excluding hydrogens is 118 g/mol. The molecule has 2 N–H and O–H groups in total. The highest BCUT2D eigenvalue weighted by atomic mass is 16.5. The zero-order chi connectivity index (χ0) is 6.69. The minimum absolute atomic E-state index is 0.137. The number of nitrogens with one attached hydrogen (secondary N) is 1. The Hall–Kier alpha value is -1.12. The van der Waals surface area contributed by atoms with Gasteiger partial charge in [0.15, 0.2) is 11.8 Å². The van der Waals surface area contributed by atoms with Gasteiger partial charge in [0, 0.05) is 12.1 Å². The Balaban J connectivity index is 2.61. The molecular formula is C6H9NO2. The molecule has 50 valence electrons. The maximum atomic E-state index is 8.74. The first-order chi connectivity index (χ1) is 4.33. The van der Waals surface area contributed by atoms with Gasteiger partial charge < -0.3 is 9.84 Å². The van der Waals surface area contributed by atoms with Crippen molar-refractivity contribution in [3.8, 4) is 11.8 Å². The molecule has 0 saturated heterocycles. The van der Waals surface area contributed by atoms with E-state index in [4.69, 9.17) is 9.84 Å². The van der Waals surface area contributed by atoms with Crippen LogP contribution in [0, 0.1) is 0 Å². The Morgan fingerprint density at radius 2 is 2.44 bits per heavy atom. The van der Waals surface area contributed by atoms with E-state index in [1.807, 2.05) is 6.92 Å². The number of hydrogen-bond donors (Lipinski definition) is 2. The fourth-order valence-electron chi connectivity index (χ4n) is 0.604. The molecule has 1 heterocycles. The van der Waals surface area contributed by atoms with Crippen molar-refractivity contribution in [2.75, 3.05) is 6.61 Å². The van der Waals surface area contributed by atoms with Crippen LogP contribution in [0.2, 0.25) is 0 Å². The first-order valence-corrected chi connectivity index (χ1v) is 2.83. The monoisotopic (exact) mass is 127 g/mol. The molecule has 0 aliphatic carbocycles. The van der Waals surface area contributed by atoms with E-state index in [0.29, 0.717) is 12.5 Å². The Kier molecular flexibility index (Phi) is 1.63. The van der Waals surface area contributed by atoms with Crippen LogP contribution in [0.3, 0.4) is 0 Å². The summed E-state index contributed by atoms with van der Waals surface area (Å²) in [5.41, 5.74) is 0. The molecule has 0 unspecified atom stereocenters. The third-order valence-corrected chi connectivity index (χ3v) is 0.944. The third-order valence-electron chi connectivity index (χ3n) is 0.944. The number of ether oxygens (including phenoxy) is 1. The average molecular weight is 127 g/mol. The van der Waals surface area contributed by atoms with Crippen LogP contribution >= 0.6 is 0 Å². The van der Waals surface area contributed by atoms with Crippen LogP contribution in [-0.4, -0.2) is 16.7 Å². The summed E-state index contributed by atoms with van der Waals surface area (Å²) >= 11 is 0. The molecule has 9 heavy (non-hydrogen) atoms. The Morgan fingerprint density at radius 1 is 1.67 bits per heavy atom. The highest BCUT2D eigenvalue weighted by molar-refractivity contribution is 5.20. The maximum Gasteiger partial charge on any atom is 0.193 e. The van der Waals surface area contributed by atoms with Gasteiger partial charge in [0.2, 0.25) is 0 Å². The number of aromatic hydroxyl groups is 1. The molecule has 0 bridgehead atoms. The molecule has 3 nitrogen and oxygen atoms in total. The van der Waals surface area contributed by atoms with Crippen LogP contribution in [0.4, 0.5) is 0 Å². The van der Waals surface area contributed by atoms with E-state index >= 15 is 0 Å². The second-order valence-corrected chi connectivity index (χ2v) is 1.64. The van der Waals surface area contributed by atoms with Gasteiger partial charge >= 0.3 is 0 Å². The smallest absolute Gasteiger partial charge is 0.193 e. The van der Waals surface area contributed by atoms with Gasteiger partial charge in [-0.3, -0.25) is 4.98 Å². The second kappa shape index (κ2) is 2.44. The van der Waals surface area contributed by atoms with Gasteiger partial charge in [-0.2, -0.15) is 0 Å². The van der Waals surface area contributed by atoms with Crippen LogP contribution in [0.15, 0.2) is 12.1 Å². The third kappa shape index (κ3) is 1.38. The van der Waals surface area contributed by atoms with E-state index < -0.39 is 0 Å². The number of hydrogen-bond acceptors (Lipinski definition) is 2. The molecule has 1 aromatic heterocycles. The lowest BCUT2D eigenvalue weighted by atomic mass is 10.6. The summed E-state index contributed by atoms with van der Waals surface area (Å²) in [6.45, 7) is 2.50. The molecule has 0 radical (unpaired) electrons. The van der Waals surface area contributed by atoms with Crippen molar-refractivity contribution < 1.29 is 9.84 Å². The zero-order valence-corrected chi connectivity index (χ0v) is 5.22. The maximum absolute atomic E-state index is 8.74. The zero-order valence-electron chi connectivity index (χ0n) is 5.22. The van der Waals surface area contributed by atoms with E-state index in [9.17, 15) is 0 Å². The van der Waals surface area contributed by atoms with Crippen molar-refractivity contribution in [1.29, 1.82) is 0 Å². The molecule has 3 heteroatoms. The van der Waals surface area contributed by atoms with Gasteiger partial charge in [0.05, 0.1) is 6.61 Å². The van der Waals surface area contributed by atoms with Crippen molar-refractivity contribution in [3.05, 3.63) is 12.1 Å². The molecule has 1 aromatic rings. The highest BCUT2D eigenvalue weighted by Crippen LogP contribution is 2.13. The van der Waals surface area contributed by atoms with Crippen LogP contribution in [0.5, 0.6) is 11.8 Å². The fraction of sp³-hybridized carbons (Fsp3) is 0.333. The molecule has 0 fully saturated rings. The molecule has 0 amide bonds. The standard InChI is InChI=1S/C6H9NO2/c1-2-9-6-4-3-5(8)7-6/h3-4,7-8H,2H2,1H3. The minimum Gasteiger partial charge on any atom is -0.495 e. The summed E-state index contributed by atoms with van der Waals surface area (Å²) in [6.07, 6.45) is 0. The van der Waals surface area contributed by atoms with E-state index in [2.05, 4.69) is 4.98 Å². The van der Waals surface area contributed by atoms with Gasteiger partial charge in [-0.1, -0.05) is 0 Å². The lowest BCUT2D eigenvalue weighted by Gasteiger charge is -1.95. The van der Waals surface area contributed by atoms with Gasteiger partial charge in [-0.05, 0) is 6.92 Å². The van der Waals surface area contributed by atoms with Gasteiger partial charge in [-0.15, -0.1) is 0 Å². The molecule has 0 saturated carbocycles. The number of aromatic nitrogens is 1. The van der Waals surface area contributed by atoms with Gasteiger partial charge in [0.1, 0.15) is 0 Å². The fourth-order valence-corrected chi connectivity index (χ4v) is 0.604. The minimum atomic E-state index is 0.137. The summed E-state index contributed by atoms with van der Waals surface area (Å²) < 4.78 is 5.01. The van der Waals surface area contributed by atoms with E-state index in [1.165, 1.54) is 0 Å². The molecule has 1 rings (SSSR count). The summed E-state index contributed by atoms with van der Waals surface area (Å²) in [7, 11) is 0. The lowest BCUT2D eigenvalue weighted by molar-refractivity contribution is 0.324. The van der Waals surface area contributed by atoms with Crippen molar-refractivity contribution >= 4 is 0 Å². The first kappa shape index (κ1) is 6.01. The van der Waals surface area contributed by atoms with Crippen molar-refractivity contribution in [3.63, 3.8) is 0 Å². The van der Waals surface area contributed by atoms with Crippen molar-refractivity contribution in [2.24, 2.45) is 0 Å². The summed E-state index contributed by atoms with van der Waals surface area (Å²) in [4.78, 5) is 2.61. The summed E-state index contributed by atoms with van der Waals surface area (Å²) in [6, 6.07) is 3.23. The number of rotatable bonds is 2. The highest BCUT2D eigenvalue weighted by Gasteiger charge is 1.93. The second-order valence-electron chi connectivity index (χ2n) is 1.64. The normalized spacial score (nSPS) is 9.44. The van der Waals surface area contributed by atoms with Crippen LogP contribution in [0.25, 0.3) is 0 Å². The molecule has 0 atom stereocenters. The average Bonchev–Trinajstić information content (AvgIpc) is 2.17. The van der Waals surface area contributed by atoms with Gasteiger partial charge in [0.25, 0.3) is 0 Å². The van der Waals surface area contributed by atoms with Gasteiger partial charge in [-0.25, -0.2) is 0 Å². The summed E-state index contributed by atoms with van der Waals surface area (Å²) in [5.74, 6) is 0.744.